The third-order valence-corrected chi connectivity index (χ3v) is 8.85. The average Bonchev–Trinajstić information content (AvgIpc) is 2.88. The van der Waals surface area contributed by atoms with Gasteiger partial charge in [-0.2, -0.15) is 4.31 Å². The zero-order valence-corrected chi connectivity index (χ0v) is 21.4. The number of methoxy groups -OCH3 is 1. The van der Waals surface area contributed by atoms with Gasteiger partial charge in [-0.15, -0.1) is 0 Å². The number of nitrogens with zero attached hydrogens (tertiary/aromatic N) is 3. The molecule has 1 fully saturated rings. The van der Waals surface area contributed by atoms with Crippen molar-refractivity contribution >= 4 is 33.2 Å². The molecule has 2 aromatic rings. The summed E-state index contributed by atoms with van der Waals surface area (Å²) in [4.78, 5) is 28.9. The third-order valence-electron chi connectivity index (χ3n) is 6.96. The van der Waals surface area contributed by atoms with Crippen LogP contribution in [0.2, 0.25) is 0 Å². The minimum absolute atomic E-state index is 0.0211. The smallest absolute Gasteiger partial charge is 0.243 e. The Kier molecular flexibility index (Phi) is 7.47. The molecular weight excluding hydrogens is 466 g/mol. The van der Waals surface area contributed by atoms with Gasteiger partial charge in [0.25, 0.3) is 0 Å². The SMILES string of the molecule is CCN(C(=O)C1CCN(S(=O)(=O)c2ccc3c(c2)CCCN3C(C)=O)CC1)c1ccc(OC)cc1. The quantitative estimate of drug-likeness (QED) is 0.608. The van der Waals surface area contributed by atoms with E-state index in [0.29, 0.717) is 39.0 Å². The first kappa shape index (κ1) is 25.2. The monoisotopic (exact) mass is 499 g/mol. The Balaban J connectivity index is 1.45. The highest BCUT2D eigenvalue weighted by atomic mass is 32.2. The number of sulfonamides is 1. The number of carbonyl (C=O) groups is 2. The second kappa shape index (κ2) is 10.4. The number of piperidine rings is 1. The molecule has 188 valence electrons. The normalized spacial score (nSPS) is 17.1. The van der Waals surface area contributed by atoms with Crippen LogP contribution in [0.25, 0.3) is 0 Å². The van der Waals surface area contributed by atoms with Gasteiger partial charge in [-0.05, 0) is 80.6 Å². The minimum Gasteiger partial charge on any atom is -0.497 e. The highest BCUT2D eigenvalue weighted by molar-refractivity contribution is 7.89. The van der Waals surface area contributed by atoms with Crippen LogP contribution in [0.15, 0.2) is 47.4 Å². The molecule has 35 heavy (non-hydrogen) atoms. The van der Waals surface area contributed by atoms with Crippen LogP contribution in [-0.2, 0) is 26.0 Å². The second-order valence-corrected chi connectivity index (χ2v) is 11.0. The highest BCUT2D eigenvalue weighted by Crippen LogP contribution is 2.32. The fourth-order valence-corrected chi connectivity index (χ4v) is 6.52. The summed E-state index contributed by atoms with van der Waals surface area (Å²) in [5, 5.41) is 0. The number of hydrogen-bond acceptors (Lipinski definition) is 5. The molecule has 0 saturated carbocycles. The summed E-state index contributed by atoms with van der Waals surface area (Å²) in [6, 6.07) is 12.4. The Labute approximate surface area is 207 Å². The lowest BCUT2D eigenvalue weighted by atomic mass is 9.96. The maximum Gasteiger partial charge on any atom is 0.243 e. The number of anilines is 2. The van der Waals surface area contributed by atoms with Crippen molar-refractivity contribution in [3.8, 4) is 5.75 Å². The number of fused-ring (bicyclic) bond motifs is 1. The van der Waals surface area contributed by atoms with Crippen molar-refractivity contribution < 1.29 is 22.7 Å². The summed E-state index contributed by atoms with van der Waals surface area (Å²) in [6.45, 7) is 5.26. The van der Waals surface area contributed by atoms with Crippen LogP contribution in [0, 0.1) is 5.92 Å². The first-order valence-corrected chi connectivity index (χ1v) is 13.6. The Hall–Kier alpha value is -2.91. The molecule has 0 N–H and O–H groups in total. The van der Waals surface area contributed by atoms with E-state index in [9.17, 15) is 18.0 Å². The van der Waals surface area contributed by atoms with Crippen LogP contribution in [-0.4, -0.2) is 57.8 Å². The maximum atomic E-state index is 13.4. The summed E-state index contributed by atoms with van der Waals surface area (Å²) in [6.07, 6.45) is 2.52. The van der Waals surface area contributed by atoms with E-state index in [0.717, 1.165) is 35.5 Å². The molecular formula is C26H33N3O5S. The molecule has 0 bridgehead atoms. The molecule has 1 saturated heterocycles. The van der Waals surface area contributed by atoms with Crippen molar-refractivity contribution in [3.05, 3.63) is 48.0 Å². The molecule has 0 radical (unpaired) electrons. The van der Waals surface area contributed by atoms with Gasteiger partial charge in [-0.3, -0.25) is 9.59 Å². The molecule has 2 aromatic carbocycles. The van der Waals surface area contributed by atoms with Crippen molar-refractivity contribution in [2.75, 3.05) is 43.1 Å². The van der Waals surface area contributed by atoms with Crippen molar-refractivity contribution in [3.63, 3.8) is 0 Å². The zero-order valence-electron chi connectivity index (χ0n) is 20.6. The molecule has 0 atom stereocenters. The van der Waals surface area contributed by atoms with Crippen LogP contribution in [0.4, 0.5) is 11.4 Å². The number of rotatable bonds is 6. The van der Waals surface area contributed by atoms with Gasteiger partial charge in [0.1, 0.15) is 5.75 Å². The van der Waals surface area contributed by atoms with Gasteiger partial charge < -0.3 is 14.5 Å². The van der Waals surface area contributed by atoms with Gasteiger partial charge in [-0.1, -0.05) is 0 Å². The van der Waals surface area contributed by atoms with E-state index in [1.165, 1.54) is 11.2 Å². The fourth-order valence-electron chi connectivity index (χ4n) is 5.00. The first-order chi connectivity index (χ1) is 16.8. The average molecular weight is 500 g/mol. The molecule has 2 aliphatic heterocycles. The van der Waals surface area contributed by atoms with E-state index in [1.54, 1.807) is 35.1 Å². The lowest BCUT2D eigenvalue weighted by Crippen LogP contribution is -2.44. The summed E-state index contributed by atoms with van der Waals surface area (Å²) < 4.78 is 33.4. The molecule has 0 spiro atoms. The fraction of sp³-hybridized carbons (Fsp3) is 0.462. The lowest BCUT2D eigenvalue weighted by Gasteiger charge is -2.34. The van der Waals surface area contributed by atoms with Gasteiger partial charge in [0.2, 0.25) is 21.8 Å². The number of aryl methyl sites for hydroxylation is 1. The Morgan fingerprint density at radius 2 is 1.74 bits per heavy atom. The largest absolute Gasteiger partial charge is 0.497 e. The van der Waals surface area contributed by atoms with Gasteiger partial charge in [0.05, 0.1) is 12.0 Å². The van der Waals surface area contributed by atoms with Gasteiger partial charge >= 0.3 is 0 Å². The van der Waals surface area contributed by atoms with Gasteiger partial charge in [0, 0.05) is 50.4 Å². The summed E-state index contributed by atoms with van der Waals surface area (Å²) in [5.41, 5.74) is 2.49. The molecule has 4 rings (SSSR count). The van der Waals surface area contributed by atoms with E-state index in [1.807, 2.05) is 31.2 Å². The van der Waals surface area contributed by atoms with E-state index < -0.39 is 10.0 Å². The van der Waals surface area contributed by atoms with Gasteiger partial charge in [-0.25, -0.2) is 8.42 Å². The third kappa shape index (κ3) is 5.06. The summed E-state index contributed by atoms with van der Waals surface area (Å²) in [5.74, 6) is 0.486. The lowest BCUT2D eigenvalue weighted by molar-refractivity contribution is -0.123. The molecule has 2 heterocycles. The zero-order chi connectivity index (χ0) is 25.2. The first-order valence-electron chi connectivity index (χ1n) is 12.1. The van der Waals surface area contributed by atoms with Crippen LogP contribution >= 0.6 is 0 Å². The second-order valence-electron chi connectivity index (χ2n) is 9.02. The maximum absolute atomic E-state index is 13.4. The predicted molar refractivity (Wildman–Crippen MR) is 135 cm³/mol. The van der Waals surface area contributed by atoms with Crippen LogP contribution < -0.4 is 14.5 Å². The van der Waals surface area contributed by atoms with Crippen molar-refractivity contribution in [1.29, 1.82) is 0 Å². The summed E-state index contributed by atoms with van der Waals surface area (Å²) >= 11 is 0. The molecule has 8 nitrogen and oxygen atoms in total. The van der Waals surface area contributed by atoms with E-state index in [-0.39, 0.29) is 22.6 Å². The van der Waals surface area contributed by atoms with E-state index in [2.05, 4.69) is 0 Å². The van der Waals surface area contributed by atoms with Crippen molar-refractivity contribution in [2.24, 2.45) is 5.92 Å². The van der Waals surface area contributed by atoms with Crippen molar-refractivity contribution in [2.45, 2.75) is 44.4 Å². The summed E-state index contributed by atoms with van der Waals surface area (Å²) in [7, 11) is -2.08. The van der Waals surface area contributed by atoms with Crippen LogP contribution in [0.5, 0.6) is 5.75 Å². The number of hydrogen-bond donors (Lipinski definition) is 0. The predicted octanol–water partition coefficient (Wildman–Crippen LogP) is 3.45. The molecule has 9 heteroatoms. The van der Waals surface area contributed by atoms with Gasteiger partial charge in [0.15, 0.2) is 0 Å². The number of carbonyl (C=O) groups excluding carboxylic acids is 2. The molecule has 0 unspecified atom stereocenters. The molecule has 2 amide bonds. The van der Waals surface area contributed by atoms with E-state index >= 15 is 0 Å². The minimum atomic E-state index is -3.68. The molecule has 0 aliphatic carbocycles. The molecule has 0 aromatic heterocycles. The van der Waals surface area contributed by atoms with E-state index in [4.69, 9.17) is 4.74 Å². The topological polar surface area (TPSA) is 87.2 Å². The number of benzene rings is 2. The number of amides is 2. The number of ether oxygens (including phenoxy) is 1. The van der Waals surface area contributed by atoms with Crippen LogP contribution in [0.3, 0.4) is 0 Å². The Morgan fingerprint density at radius 3 is 2.34 bits per heavy atom. The molecule has 2 aliphatic rings. The van der Waals surface area contributed by atoms with Crippen LogP contribution in [0.1, 0.15) is 38.7 Å². The highest BCUT2D eigenvalue weighted by Gasteiger charge is 2.34. The van der Waals surface area contributed by atoms with Crippen molar-refractivity contribution in [1.82, 2.24) is 4.31 Å². The Morgan fingerprint density at radius 1 is 1.06 bits per heavy atom. The standard InChI is InChI=1S/C26H33N3O5S/c1-4-28(22-7-9-23(34-3)10-8-22)26(31)20-13-16-27(17-14-20)35(32,33)24-11-12-25-21(18-24)6-5-15-29(25)19(2)30/h7-12,18,20H,4-6,13-17H2,1-3H3. The Bertz CT molecular complexity index is 1190.